The fourth-order valence-corrected chi connectivity index (χ4v) is 2.80. The molecule has 0 saturated heterocycles. The van der Waals surface area contributed by atoms with Gasteiger partial charge in [-0.15, -0.1) is 0 Å². The molecule has 2 aliphatic carbocycles. The van der Waals surface area contributed by atoms with Crippen LogP contribution in [0.5, 0.6) is 0 Å². The second-order valence-electron chi connectivity index (χ2n) is 4.06. The Balaban J connectivity index is 2.30. The lowest BCUT2D eigenvalue weighted by atomic mass is 9.69. The second-order valence-corrected chi connectivity index (χ2v) is 4.06. The zero-order valence-electron chi connectivity index (χ0n) is 7.21. The predicted molar refractivity (Wildman–Crippen MR) is 44.7 cm³/mol. The third-order valence-electron chi connectivity index (χ3n) is 3.57. The number of carbonyl (C=O) groups excluding carboxylic acids is 2. The van der Waals surface area contributed by atoms with Crippen LogP contribution in [-0.4, -0.2) is 12.1 Å². The number of aldehydes is 1. The van der Waals surface area contributed by atoms with E-state index in [2.05, 4.69) is 0 Å². The fourth-order valence-electron chi connectivity index (χ4n) is 2.80. The van der Waals surface area contributed by atoms with Crippen molar-refractivity contribution in [3.05, 3.63) is 0 Å². The maximum Gasteiger partial charge on any atom is 0.146 e. The van der Waals surface area contributed by atoms with Gasteiger partial charge in [-0.1, -0.05) is 12.8 Å². The van der Waals surface area contributed by atoms with Crippen LogP contribution in [0.25, 0.3) is 0 Å². The SMILES string of the molecule is O=C[C@]12CCCC[C@@H]1CCC2=O. The molecule has 0 aliphatic heterocycles. The third-order valence-corrected chi connectivity index (χ3v) is 3.57. The quantitative estimate of drug-likeness (QED) is 0.439. The van der Waals surface area contributed by atoms with Crippen LogP contribution in [0.3, 0.4) is 0 Å². The molecule has 0 amide bonds. The zero-order chi connectivity index (χ0) is 8.60. The molecule has 0 unspecified atom stereocenters. The number of Topliss-reactive ketones (excluding diaryl/α,β-unsaturated/α-hetero) is 1. The summed E-state index contributed by atoms with van der Waals surface area (Å²) in [4.78, 5) is 22.5. The van der Waals surface area contributed by atoms with Gasteiger partial charge in [0.05, 0.1) is 5.41 Å². The highest BCUT2D eigenvalue weighted by molar-refractivity contribution is 6.00. The number of fused-ring (bicyclic) bond motifs is 1. The Hall–Kier alpha value is -0.660. The molecule has 0 bridgehead atoms. The molecular weight excluding hydrogens is 152 g/mol. The van der Waals surface area contributed by atoms with Gasteiger partial charge in [-0.3, -0.25) is 4.79 Å². The summed E-state index contributed by atoms with van der Waals surface area (Å²) in [5.74, 6) is 0.596. The first-order valence-corrected chi connectivity index (χ1v) is 4.79. The van der Waals surface area contributed by atoms with E-state index in [1.54, 1.807) is 0 Å². The summed E-state index contributed by atoms with van der Waals surface area (Å²) in [6, 6.07) is 0. The van der Waals surface area contributed by atoms with Gasteiger partial charge in [-0.2, -0.15) is 0 Å². The summed E-state index contributed by atoms with van der Waals surface area (Å²) < 4.78 is 0. The van der Waals surface area contributed by atoms with Crippen molar-refractivity contribution in [2.75, 3.05) is 0 Å². The number of rotatable bonds is 1. The fraction of sp³-hybridized carbons (Fsp3) is 0.800. The van der Waals surface area contributed by atoms with Gasteiger partial charge in [0.15, 0.2) is 0 Å². The van der Waals surface area contributed by atoms with Gasteiger partial charge < -0.3 is 4.79 Å². The molecule has 2 nitrogen and oxygen atoms in total. The van der Waals surface area contributed by atoms with Crippen molar-refractivity contribution in [1.82, 2.24) is 0 Å². The van der Waals surface area contributed by atoms with Crippen molar-refractivity contribution in [3.63, 3.8) is 0 Å². The van der Waals surface area contributed by atoms with Gasteiger partial charge in [-0.25, -0.2) is 0 Å². The smallest absolute Gasteiger partial charge is 0.146 e. The Labute approximate surface area is 72.3 Å². The van der Waals surface area contributed by atoms with Crippen LogP contribution in [0.2, 0.25) is 0 Å². The molecule has 2 rings (SSSR count). The van der Waals surface area contributed by atoms with Crippen molar-refractivity contribution in [3.8, 4) is 0 Å². The first kappa shape index (κ1) is 7.96. The molecule has 0 spiro atoms. The van der Waals surface area contributed by atoms with Crippen LogP contribution in [-0.2, 0) is 9.59 Å². The molecule has 2 saturated carbocycles. The van der Waals surface area contributed by atoms with E-state index < -0.39 is 5.41 Å². The summed E-state index contributed by atoms with van der Waals surface area (Å²) in [6.45, 7) is 0. The van der Waals surface area contributed by atoms with E-state index in [0.717, 1.165) is 32.0 Å². The molecule has 12 heavy (non-hydrogen) atoms. The Kier molecular flexibility index (Phi) is 1.78. The van der Waals surface area contributed by atoms with Crippen molar-refractivity contribution in [2.45, 2.75) is 38.5 Å². The lowest BCUT2D eigenvalue weighted by molar-refractivity contribution is -0.135. The van der Waals surface area contributed by atoms with Crippen LogP contribution < -0.4 is 0 Å². The van der Waals surface area contributed by atoms with Gasteiger partial charge in [0.1, 0.15) is 12.1 Å². The van der Waals surface area contributed by atoms with Gasteiger partial charge in [0, 0.05) is 6.42 Å². The van der Waals surface area contributed by atoms with Crippen LogP contribution in [0, 0.1) is 11.3 Å². The van der Waals surface area contributed by atoms with E-state index in [9.17, 15) is 9.59 Å². The van der Waals surface area contributed by atoms with Crippen molar-refractivity contribution in [1.29, 1.82) is 0 Å². The molecule has 0 aromatic heterocycles. The lowest BCUT2D eigenvalue weighted by Gasteiger charge is -2.32. The molecule has 2 atom stereocenters. The first-order valence-electron chi connectivity index (χ1n) is 4.79. The van der Waals surface area contributed by atoms with E-state index in [1.807, 2.05) is 0 Å². The Morgan fingerprint density at radius 2 is 2.17 bits per heavy atom. The minimum Gasteiger partial charge on any atom is -0.302 e. The van der Waals surface area contributed by atoms with Crippen molar-refractivity contribution < 1.29 is 9.59 Å². The molecule has 0 radical (unpaired) electrons. The molecule has 0 N–H and O–H groups in total. The molecule has 2 heteroatoms. The Morgan fingerprint density at radius 3 is 2.83 bits per heavy atom. The van der Waals surface area contributed by atoms with Crippen LogP contribution >= 0.6 is 0 Å². The maximum absolute atomic E-state index is 11.5. The zero-order valence-corrected chi connectivity index (χ0v) is 7.21. The lowest BCUT2D eigenvalue weighted by Crippen LogP contribution is -2.36. The highest BCUT2D eigenvalue weighted by atomic mass is 16.1. The molecule has 0 heterocycles. The molecule has 2 aliphatic rings. The topological polar surface area (TPSA) is 34.1 Å². The van der Waals surface area contributed by atoms with Crippen LogP contribution in [0.1, 0.15) is 38.5 Å². The van der Waals surface area contributed by atoms with Gasteiger partial charge in [-0.05, 0) is 25.2 Å². The Bertz CT molecular complexity index is 222. The number of carbonyl (C=O) groups is 2. The first-order chi connectivity index (χ1) is 5.79. The average Bonchev–Trinajstić information content (AvgIpc) is 2.45. The molecule has 66 valence electrons. The van der Waals surface area contributed by atoms with Crippen LogP contribution in [0.4, 0.5) is 0 Å². The van der Waals surface area contributed by atoms with E-state index >= 15 is 0 Å². The summed E-state index contributed by atoms with van der Waals surface area (Å²) in [5, 5.41) is 0. The summed E-state index contributed by atoms with van der Waals surface area (Å²) in [6.07, 6.45) is 6.70. The minimum absolute atomic E-state index is 0.210. The van der Waals surface area contributed by atoms with E-state index in [1.165, 1.54) is 6.42 Å². The maximum atomic E-state index is 11.5. The average molecular weight is 166 g/mol. The third kappa shape index (κ3) is 0.869. The van der Waals surface area contributed by atoms with Crippen LogP contribution in [0.15, 0.2) is 0 Å². The molecular formula is C10H14O2. The van der Waals surface area contributed by atoms with E-state index in [0.29, 0.717) is 12.3 Å². The van der Waals surface area contributed by atoms with Crippen molar-refractivity contribution >= 4 is 12.1 Å². The number of hydrogen-bond acceptors (Lipinski definition) is 2. The highest BCUT2D eigenvalue weighted by Gasteiger charge is 2.50. The summed E-state index contributed by atoms with van der Waals surface area (Å²) in [7, 11) is 0. The minimum atomic E-state index is -0.530. The number of hydrogen-bond donors (Lipinski definition) is 0. The number of ketones is 1. The largest absolute Gasteiger partial charge is 0.302 e. The molecule has 2 fully saturated rings. The van der Waals surface area contributed by atoms with E-state index in [4.69, 9.17) is 0 Å². The normalized spacial score (nSPS) is 41.0. The summed E-state index contributed by atoms with van der Waals surface area (Å²) in [5.41, 5.74) is -0.530. The molecule has 0 aromatic carbocycles. The highest BCUT2D eigenvalue weighted by Crippen LogP contribution is 2.48. The van der Waals surface area contributed by atoms with E-state index in [-0.39, 0.29) is 5.78 Å². The predicted octanol–water partition coefficient (Wildman–Crippen LogP) is 1.72. The second kappa shape index (κ2) is 2.68. The summed E-state index contributed by atoms with van der Waals surface area (Å²) >= 11 is 0. The monoisotopic (exact) mass is 166 g/mol. The van der Waals surface area contributed by atoms with Gasteiger partial charge >= 0.3 is 0 Å². The molecule has 0 aromatic rings. The standard InChI is InChI=1S/C10H14O2/c11-7-10-6-2-1-3-8(10)4-5-9(10)12/h7-8H,1-6H2/t8-,10-/m1/s1. The van der Waals surface area contributed by atoms with Gasteiger partial charge in [0.25, 0.3) is 0 Å². The van der Waals surface area contributed by atoms with Gasteiger partial charge in [0.2, 0.25) is 0 Å². The van der Waals surface area contributed by atoms with Crippen molar-refractivity contribution in [2.24, 2.45) is 11.3 Å². The Morgan fingerprint density at radius 1 is 1.33 bits per heavy atom.